The van der Waals surface area contributed by atoms with Gasteiger partial charge in [-0.15, -0.1) is 0 Å². The number of carbonyl (C=O) groups is 2. The number of ether oxygens (including phenoxy) is 1. The van der Waals surface area contributed by atoms with Gasteiger partial charge in [-0.05, 0) is 45.1 Å². The summed E-state index contributed by atoms with van der Waals surface area (Å²) in [5.74, 6) is 0.412. The Morgan fingerprint density at radius 1 is 1.19 bits per heavy atom. The summed E-state index contributed by atoms with van der Waals surface area (Å²) in [6, 6.07) is 10.3. The molecule has 2 saturated heterocycles. The molecule has 2 aliphatic heterocycles. The Morgan fingerprint density at radius 2 is 1.96 bits per heavy atom. The third-order valence-corrected chi connectivity index (χ3v) is 5.89. The van der Waals surface area contributed by atoms with Crippen molar-refractivity contribution in [2.24, 2.45) is 5.41 Å². The van der Waals surface area contributed by atoms with Crippen LogP contribution in [0.3, 0.4) is 0 Å². The molecule has 3 rings (SSSR count). The Morgan fingerprint density at radius 3 is 2.70 bits per heavy atom. The molecule has 1 aromatic rings. The number of benzene rings is 1. The van der Waals surface area contributed by atoms with Crippen LogP contribution in [0.5, 0.6) is 0 Å². The Labute approximate surface area is 162 Å². The summed E-state index contributed by atoms with van der Waals surface area (Å²) in [6.45, 7) is 7.47. The van der Waals surface area contributed by atoms with E-state index in [0.717, 1.165) is 37.8 Å². The fourth-order valence-electron chi connectivity index (χ4n) is 4.31. The van der Waals surface area contributed by atoms with Crippen molar-refractivity contribution in [2.45, 2.75) is 58.6 Å². The summed E-state index contributed by atoms with van der Waals surface area (Å²) < 4.78 is 5.67. The van der Waals surface area contributed by atoms with Gasteiger partial charge in [0.2, 0.25) is 11.8 Å². The molecule has 0 aromatic heterocycles. The van der Waals surface area contributed by atoms with E-state index < -0.39 is 0 Å². The van der Waals surface area contributed by atoms with E-state index in [1.54, 1.807) is 0 Å². The van der Waals surface area contributed by atoms with Crippen molar-refractivity contribution < 1.29 is 14.3 Å². The van der Waals surface area contributed by atoms with Gasteiger partial charge < -0.3 is 14.5 Å². The summed E-state index contributed by atoms with van der Waals surface area (Å²) >= 11 is 0. The number of amides is 2. The summed E-state index contributed by atoms with van der Waals surface area (Å²) in [5.41, 5.74) is 0.818. The molecule has 2 aliphatic rings. The topological polar surface area (TPSA) is 49.9 Å². The van der Waals surface area contributed by atoms with E-state index in [4.69, 9.17) is 4.74 Å². The van der Waals surface area contributed by atoms with Crippen molar-refractivity contribution in [3.63, 3.8) is 0 Å². The lowest BCUT2D eigenvalue weighted by molar-refractivity contribution is -0.148. The van der Waals surface area contributed by atoms with E-state index in [9.17, 15) is 9.59 Å². The Hall–Kier alpha value is -1.88. The van der Waals surface area contributed by atoms with Gasteiger partial charge in [0, 0.05) is 38.7 Å². The predicted molar refractivity (Wildman–Crippen MR) is 105 cm³/mol. The van der Waals surface area contributed by atoms with Gasteiger partial charge >= 0.3 is 0 Å². The monoisotopic (exact) mass is 372 g/mol. The Balaban J connectivity index is 1.42. The standard InChI is InChI=1S/C22H32N2O3/c1-18(2)24-13-7-11-22(21(24)26)12-14-23(17-22)20(25)10-6-15-27-16-19-8-4-3-5-9-19/h3-5,8-9,18H,6-7,10-17H2,1-2H3/t22-/m1/s1. The molecule has 2 fully saturated rings. The summed E-state index contributed by atoms with van der Waals surface area (Å²) in [4.78, 5) is 29.4. The van der Waals surface area contributed by atoms with Crippen molar-refractivity contribution in [1.82, 2.24) is 9.80 Å². The van der Waals surface area contributed by atoms with Crippen molar-refractivity contribution >= 4 is 11.8 Å². The van der Waals surface area contributed by atoms with Crippen molar-refractivity contribution in [3.8, 4) is 0 Å². The second-order valence-corrected chi connectivity index (χ2v) is 8.18. The largest absolute Gasteiger partial charge is 0.377 e. The number of hydrogen-bond donors (Lipinski definition) is 0. The smallest absolute Gasteiger partial charge is 0.230 e. The third-order valence-electron chi connectivity index (χ3n) is 5.89. The molecule has 0 aliphatic carbocycles. The van der Waals surface area contributed by atoms with E-state index in [2.05, 4.69) is 13.8 Å². The molecule has 1 atom stereocenters. The van der Waals surface area contributed by atoms with E-state index in [1.807, 2.05) is 40.1 Å². The third kappa shape index (κ3) is 4.70. The molecule has 1 spiro atoms. The highest BCUT2D eigenvalue weighted by molar-refractivity contribution is 5.86. The number of carbonyl (C=O) groups excluding carboxylic acids is 2. The molecule has 0 saturated carbocycles. The molecule has 0 unspecified atom stereocenters. The van der Waals surface area contributed by atoms with Crippen LogP contribution in [-0.4, -0.2) is 53.9 Å². The second kappa shape index (κ2) is 8.87. The van der Waals surface area contributed by atoms with Gasteiger partial charge in [0.25, 0.3) is 0 Å². The second-order valence-electron chi connectivity index (χ2n) is 8.18. The van der Waals surface area contributed by atoms with Crippen LogP contribution in [-0.2, 0) is 20.9 Å². The van der Waals surface area contributed by atoms with Gasteiger partial charge in [0.15, 0.2) is 0 Å². The minimum absolute atomic E-state index is 0.157. The zero-order valence-corrected chi connectivity index (χ0v) is 16.7. The number of piperidine rings is 1. The van der Waals surface area contributed by atoms with Crippen LogP contribution in [0.1, 0.15) is 51.5 Å². The van der Waals surface area contributed by atoms with Crippen LogP contribution < -0.4 is 0 Å². The van der Waals surface area contributed by atoms with Gasteiger partial charge in [-0.3, -0.25) is 9.59 Å². The molecule has 5 nitrogen and oxygen atoms in total. The van der Waals surface area contributed by atoms with Gasteiger partial charge in [0.05, 0.1) is 12.0 Å². The molecule has 5 heteroatoms. The van der Waals surface area contributed by atoms with E-state index in [1.165, 1.54) is 0 Å². The van der Waals surface area contributed by atoms with Gasteiger partial charge in [0.1, 0.15) is 0 Å². The number of hydrogen-bond acceptors (Lipinski definition) is 3. The van der Waals surface area contributed by atoms with E-state index in [0.29, 0.717) is 32.7 Å². The first-order valence-electron chi connectivity index (χ1n) is 10.2. The van der Waals surface area contributed by atoms with Crippen molar-refractivity contribution in [2.75, 3.05) is 26.2 Å². The van der Waals surface area contributed by atoms with Gasteiger partial charge in [-0.2, -0.15) is 0 Å². The first-order valence-corrected chi connectivity index (χ1v) is 10.2. The zero-order valence-electron chi connectivity index (χ0n) is 16.7. The molecule has 1 aromatic carbocycles. The predicted octanol–water partition coefficient (Wildman–Crippen LogP) is 3.23. The minimum atomic E-state index is -0.331. The lowest BCUT2D eigenvalue weighted by Crippen LogP contribution is -2.52. The first kappa shape index (κ1) is 19.9. The van der Waals surface area contributed by atoms with Crippen LogP contribution in [0.15, 0.2) is 30.3 Å². The van der Waals surface area contributed by atoms with Crippen LogP contribution in [0.25, 0.3) is 0 Å². The minimum Gasteiger partial charge on any atom is -0.377 e. The van der Waals surface area contributed by atoms with Crippen LogP contribution in [0, 0.1) is 5.41 Å². The van der Waals surface area contributed by atoms with Crippen LogP contribution in [0.4, 0.5) is 0 Å². The maximum atomic E-state index is 13.0. The summed E-state index contributed by atoms with van der Waals surface area (Å²) in [5, 5.41) is 0. The fraction of sp³-hybridized carbons (Fsp3) is 0.636. The lowest BCUT2D eigenvalue weighted by Gasteiger charge is -2.41. The summed E-state index contributed by atoms with van der Waals surface area (Å²) in [7, 11) is 0. The Bertz CT molecular complexity index is 646. The SMILES string of the molecule is CC(C)N1CCC[C@]2(CCN(C(=O)CCCOCc3ccccc3)C2)C1=O. The molecule has 2 amide bonds. The van der Waals surface area contributed by atoms with Gasteiger partial charge in [-0.1, -0.05) is 30.3 Å². The molecular weight excluding hydrogens is 340 g/mol. The van der Waals surface area contributed by atoms with Crippen LogP contribution >= 0.6 is 0 Å². The van der Waals surface area contributed by atoms with E-state index >= 15 is 0 Å². The molecule has 148 valence electrons. The molecular formula is C22H32N2O3. The molecule has 27 heavy (non-hydrogen) atoms. The number of rotatable bonds is 7. The Kier molecular flexibility index (Phi) is 6.53. The highest BCUT2D eigenvalue weighted by Gasteiger charge is 2.49. The van der Waals surface area contributed by atoms with E-state index in [-0.39, 0.29) is 23.3 Å². The normalized spacial score (nSPS) is 22.9. The maximum absolute atomic E-state index is 13.0. The van der Waals surface area contributed by atoms with Crippen LogP contribution in [0.2, 0.25) is 0 Å². The first-order chi connectivity index (χ1) is 13.0. The average molecular weight is 373 g/mol. The van der Waals surface area contributed by atoms with Crippen molar-refractivity contribution in [1.29, 1.82) is 0 Å². The van der Waals surface area contributed by atoms with Gasteiger partial charge in [-0.25, -0.2) is 0 Å². The van der Waals surface area contributed by atoms with Crippen molar-refractivity contribution in [3.05, 3.63) is 35.9 Å². The molecule has 2 heterocycles. The quantitative estimate of drug-likeness (QED) is 0.691. The summed E-state index contributed by atoms with van der Waals surface area (Å²) in [6.07, 6.45) is 3.98. The lowest BCUT2D eigenvalue weighted by atomic mass is 9.78. The fourth-order valence-corrected chi connectivity index (χ4v) is 4.31. The highest BCUT2D eigenvalue weighted by Crippen LogP contribution is 2.40. The average Bonchev–Trinajstić information content (AvgIpc) is 3.09. The number of likely N-dealkylation sites (tertiary alicyclic amines) is 2. The number of nitrogens with zero attached hydrogens (tertiary/aromatic N) is 2. The molecule has 0 N–H and O–H groups in total. The zero-order chi connectivity index (χ0) is 19.3. The molecule has 0 bridgehead atoms. The maximum Gasteiger partial charge on any atom is 0.230 e. The highest BCUT2D eigenvalue weighted by atomic mass is 16.5. The molecule has 0 radical (unpaired) electrons.